The summed E-state index contributed by atoms with van der Waals surface area (Å²) in [5, 5.41) is 0.733. The number of hydrogen-bond donors (Lipinski definition) is 0. The third kappa shape index (κ3) is 1.54. The van der Waals surface area contributed by atoms with E-state index in [1.54, 1.807) is 0 Å². The van der Waals surface area contributed by atoms with Gasteiger partial charge in [0, 0.05) is 5.02 Å². The minimum absolute atomic E-state index is 0.158. The van der Waals surface area contributed by atoms with Gasteiger partial charge in [-0.15, -0.1) is 0 Å². The molecule has 0 radical (unpaired) electrons. The van der Waals surface area contributed by atoms with Crippen LogP contribution in [0.25, 0.3) is 0 Å². The van der Waals surface area contributed by atoms with E-state index in [-0.39, 0.29) is 5.97 Å². The number of fused-ring (bicyclic) bond motifs is 1. The van der Waals surface area contributed by atoms with Crippen molar-refractivity contribution in [2.75, 3.05) is 0 Å². The second-order valence-electron chi connectivity index (χ2n) is 3.18. The van der Waals surface area contributed by atoms with Gasteiger partial charge in [-0.3, -0.25) is 4.79 Å². The minimum atomic E-state index is -0.158. The van der Waals surface area contributed by atoms with E-state index < -0.39 is 0 Å². The van der Waals surface area contributed by atoms with Crippen LogP contribution in [-0.4, -0.2) is 5.97 Å². The Hall–Kier alpha value is -1.02. The lowest BCUT2D eigenvalue weighted by atomic mass is 10.0. The number of esters is 1. The van der Waals surface area contributed by atoms with Gasteiger partial charge in [-0.05, 0) is 36.6 Å². The Bertz CT molecular complexity index is 371. The molecule has 2 nitrogen and oxygen atoms in total. The van der Waals surface area contributed by atoms with Crippen molar-refractivity contribution in [3.8, 4) is 5.75 Å². The van der Waals surface area contributed by atoms with Crippen molar-refractivity contribution in [1.29, 1.82) is 0 Å². The Kier molecular flexibility index (Phi) is 2.00. The maximum absolute atomic E-state index is 11.0. The lowest BCUT2D eigenvalue weighted by molar-refractivity contribution is -0.135. The number of aryl methyl sites for hydroxylation is 2. The van der Waals surface area contributed by atoms with E-state index in [4.69, 9.17) is 16.3 Å². The van der Waals surface area contributed by atoms with Crippen molar-refractivity contribution in [2.45, 2.75) is 19.8 Å². The lowest BCUT2D eigenvalue weighted by Gasteiger charge is -2.16. The van der Waals surface area contributed by atoms with Crippen LogP contribution in [0.1, 0.15) is 17.5 Å². The largest absolute Gasteiger partial charge is 0.426 e. The highest BCUT2D eigenvalue weighted by Crippen LogP contribution is 2.30. The monoisotopic (exact) mass is 196 g/mol. The van der Waals surface area contributed by atoms with Crippen molar-refractivity contribution in [1.82, 2.24) is 0 Å². The maximum atomic E-state index is 11.0. The highest BCUT2D eigenvalue weighted by molar-refractivity contribution is 6.31. The van der Waals surface area contributed by atoms with Gasteiger partial charge in [0.25, 0.3) is 0 Å². The second kappa shape index (κ2) is 3.04. The van der Waals surface area contributed by atoms with E-state index in [0.29, 0.717) is 12.2 Å². The lowest BCUT2D eigenvalue weighted by Crippen LogP contribution is -2.15. The van der Waals surface area contributed by atoms with Crippen LogP contribution >= 0.6 is 11.6 Å². The molecule has 0 saturated carbocycles. The maximum Gasteiger partial charge on any atom is 0.311 e. The average molecular weight is 197 g/mol. The quantitative estimate of drug-likeness (QED) is 0.471. The Labute approximate surface area is 81.5 Å². The SMILES string of the molecule is Cc1cc2c(cc1Cl)CCC(=O)O2. The zero-order chi connectivity index (χ0) is 9.42. The van der Waals surface area contributed by atoms with E-state index >= 15 is 0 Å². The fraction of sp³-hybridized carbons (Fsp3) is 0.300. The standard InChI is InChI=1S/C10H9ClO2/c1-6-4-9-7(5-8(6)11)2-3-10(12)13-9/h4-5H,2-3H2,1H3. The van der Waals surface area contributed by atoms with Crippen LogP contribution in [0.2, 0.25) is 5.02 Å². The molecule has 0 N–H and O–H groups in total. The van der Waals surface area contributed by atoms with Crippen LogP contribution in [0.3, 0.4) is 0 Å². The number of carbonyl (C=O) groups excluding carboxylic acids is 1. The second-order valence-corrected chi connectivity index (χ2v) is 3.59. The highest BCUT2D eigenvalue weighted by atomic mass is 35.5. The molecule has 68 valence electrons. The van der Waals surface area contributed by atoms with E-state index in [0.717, 1.165) is 22.6 Å². The summed E-state index contributed by atoms with van der Waals surface area (Å²) in [6, 6.07) is 3.69. The summed E-state index contributed by atoms with van der Waals surface area (Å²) < 4.78 is 5.07. The van der Waals surface area contributed by atoms with Crippen LogP contribution in [0.15, 0.2) is 12.1 Å². The van der Waals surface area contributed by atoms with Gasteiger partial charge in [-0.25, -0.2) is 0 Å². The first-order valence-corrected chi connectivity index (χ1v) is 4.54. The molecule has 0 fully saturated rings. The van der Waals surface area contributed by atoms with Crippen molar-refractivity contribution >= 4 is 17.6 Å². The summed E-state index contributed by atoms with van der Waals surface area (Å²) >= 11 is 5.94. The molecular weight excluding hydrogens is 188 g/mol. The molecule has 0 aromatic heterocycles. The van der Waals surface area contributed by atoms with Gasteiger partial charge in [-0.1, -0.05) is 11.6 Å². The molecule has 1 aromatic carbocycles. The van der Waals surface area contributed by atoms with Crippen LogP contribution < -0.4 is 4.74 Å². The molecular formula is C10H9ClO2. The highest BCUT2D eigenvalue weighted by Gasteiger charge is 2.17. The normalized spacial score (nSPS) is 15.1. The van der Waals surface area contributed by atoms with E-state index in [9.17, 15) is 4.79 Å². The smallest absolute Gasteiger partial charge is 0.311 e. The Morgan fingerprint density at radius 2 is 2.15 bits per heavy atom. The summed E-state index contributed by atoms with van der Waals surface area (Å²) in [4.78, 5) is 11.0. The predicted octanol–water partition coefficient (Wildman–Crippen LogP) is 2.50. The number of benzene rings is 1. The first-order valence-electron chi connectivity index (χ1n) is 4.16. The summed E-state index contributed by atoms with van der Waals surface area (Å²) in [5.41, 5.74) is 1.96. The first-order chi connectivity index (χ1) is 6.16. The third-order valence-corrected chi connectivity index (χ3v) is 2.57. The molecule has 1 aliphatic heterocycles. The van der Waals surface area contributed by atoms with E-state index in [2.05, 4.69) is 0 Å². The molecule has 0 saturated heterocycles. The summed E-state index contributed by atoms with van der Waals surface area (Å²) in [7, 11) is 0. The molecule has 0 atom stereocenters. The van der Waals surface area contributed by atoms with Gasteiger partial charge in [0.15, 0.2) is 0 Å². The number of carbonyl (C=O) groups is 1. The molecule has 1 aromatic rings. The zero-order valence-corrected chi connectivity index (χ0v) is 8.02. The van der Waals surface area contributed by atoms with Crippen molar-refractivity contribution in [2.24, 2.45) is 0 Å². The molecule has 1 aliphatic rings. The Morgan fingerprint density at radius 3 is 2.92 bits per heavy atom. The summed E-state index contributed by atoms with van der Waals surface area (Å²) in [6.07, 6.45) is 1.18. The molecule has 0 spiro atoms. The predicted molar refractivity (Wildman–Crippen MR) is 50.1 cm³/mol. The van der Waals surface area contributed by atoms with Gasteiger partial charge < -0.3 is 4.74 Å². The first kappa shape index (κ1) is 8.57. The van der Waals surface area contributed by atoms with Gasteiger partial charge in [0.05, 0.1) is 6.42 Å². The molecule has 0 bridgehead atoms. The number of rotatable bonds is 0. The molecule has 3 heteroatoms. The van der Waals surface area contributed by atoms with Gasteiger partial charge in [-0.2, -0.15) is 0 Å². The Morgan fingerprint density at radius 1 is 1.38 bits per heavy atom. The van der Waals surface area contributed by atoms with Gasteiger partial charge in [0.2, 0.25) is 0 Å². The van der Waals surface area contributed by atoms with Crippen LogP contribution in [0, 0.1) is 6.92 Å². The van der Waals surface area contributed by atoms with Crippen LogP contribution in [0.4, 0.5) is 0 Å². The topological polar surface area (TPSA) is 26.3 Å². The number of ether oxygens (including phenoxy) is 1. The summed E-state index contributed by atoms with van der Waals surface area (Å²) in [6.45, 7) is 1.89. The molecule has 2 rings (SSSR count). The van der Waals surface area contributed by atoms with Gasteiger partial charge >= 0.3 is 5.97 Å². The van der Waals surface area contributed by atoms with Crippen molar-refractivity contribution in [3.63, 3.8) is 0 Å². The molecule has 1 heterocycles. The van der Waals surface area contributed by atoms with Crippen molar-refractivity contribution < 1.29 is 9.53 Å². The molecule has 0 amide bonds. The Balaban J connectivity index is 2.49. The van der Waals surface area contributed by atoms with E-state index in [1.807, 2.05) is 19.1 Å². The third-order valence-electron chi connectivity index (χ3n) is 2.16. The van der Waals surface area contributed by atoms with Crippen LogP contribution in [-0.2, 0) is 11.2 Å². The fourth-order valence-electron chi connectivity index (χ4n) is 1.40. The number of hydrogen-bond acceptors (Lipinski definition) is 2. The minimum Gasteiger partial charge on any atom is -0.426 e. The molecule has 0 aliphatic carbocycles. The number of halogens is 1. The average Bonchev–Trinajstić information content (AvgIpc) is 2.08. The summed E-state index contributed by atoms with van der Waals surface area (Å²) in [5.74, 6) is 0.507. The molecule has 13 heavy (non-hydrogen) atoms. The zero-order valence-electron chi connectivity index (χ0n) is 7.26. The van der Waals surface area contributed by atoms with E-state index in [1.165, 1.54) is 0 Å². The van der Waals surface area contributed by atoms with Gasteiger partial charge in [0.1, 0.15) is 5.75 Å². The molecule has 0 unspecified atom stereocenters. The fourth-order valence-corrected chi connectivity index (χ4v) is 1.58. The van der Waals surface area contributed by atoms with Crippen molar-refractivity contribution in [3.05, 3.63) is 28.3 Å². The van der Waals surface area contributed by atoms with Crippen LogP contribution in [0.5, 0.6) is 5.75 Å².